The number of phenols is 1. The number of amides is 2. The second-order valence-corrected chi connectivity index (χ2v) is 3.89. The molecule has 0 radical (unpaired) electrons. The molecule has 0 aliphatic heterocycles. The number of hydrogen-bond donors (Lipinski definition) is 3. The van der Waals surface area contributed by atoms with Crippen molar-refractivity contribution in [3.05, 3.63) is 24.3 Å². The summed E-state index contributed by atoms with van der Waals surface area (Å²) in [6.45, 7) is 3.39. The van der Waals surface area contributed by atoms with Gasteiger partial charge in [-0.25, -0.2) is 4.79 Å². The maximum Gasteiger partial charge on any atom is 0.325 e. The summed E-state index contributed by atoms with van der Waals surface area (Å²) in [5.74, 6) is 0.126. The Morgan fingerprint density at radius 1 is 1.30 bits per heavy atom. The number of hydrogen-bond acceptors (Lipinski definition) is 5. The average molecular weight is 282 g/mol. The van der Waals surface area contributed by atoms with Gasteiger partial charge in [0.15, 0.2) is 6.23 Å². The van der Waals surface area contributed by atoms with Gasteiger partial charge in [0.25, 0.3) is 0 Å². The van der Waals surface area contributed by atoms with Crippen LogP contribution in [-0.2, 0) is 9.53 Å². The van der Waals surface area contributed by atoms with Crippen LogP contribution in [0, 0.1) is 0 Å². The van der Waals surface area contributed by atoms with E-state index in [-0.39, 0.29) is 18.9 Å². The predicted octanol–water partition coefficient (Wildman–Crippen LogP) is 0.979. The summed E-state index contributed by atoms with van der Waals surface area (Å²) in [5.41, 5.74) is 0. The van der Waals surface area contributed by atoms with Gasteiger partial charge in [0.1, 0.15) is 18.0 Å². The molecule has 0 heterocycles. The highest BCUT2D eigenvalue weighted by molar-refractivity contribution is 5.80. The van der Waals surface area contributed by atoms with Crippen LogP contribution >= 0.6 is 0 Å². The number of phenolic OH excluding ortho intramolecular Hbond substituents is 1. The first kappa shape index (κ1) is 15.6. The lowest BCUT2D eigenvalue weighted by Crippen LogP contribution is -2.45. The van der Waals surface area contributed by atoms with Crippen LogP contribution in [0.4, 0.5) is 4.79 Å². The van der Waals surface area contributed by atoms with Crippen LogP contribution in [-0.4, -0.2) is 36.5 Å². The summed E-state index contributed by atoms with van der Waals surface area (Å²) in [4.78, 5) is 22.5. The molecule has 0 saturated heterocycles. The lowest BCUT2D eigenvalue weighted by Gasteiger charge is -2.16. The lowest BCUT2D eigenvalue weighted by molar-refractivity contribution is -0.141. The Kier molecular flexibility index (Phi) is 6.15. The number of carbonyl (C=O) groups excluding carboxylic acids is 2. The highest BCUT2D eigenvalue weighted by Gasteiger charge is 2.10. The average Bonchev–Trinajstić information content (AvgIpc) is 2.39. The standard InChI is InChI=1S/C13H18N2O5/c1-3-19-12(17)8-14-13(18)15-9(2)20-11-6-4-10(16)5-7-11/h4-7,9,16H,3,8H2,1-2H3,(H2,14,15,18). The normalized spacial score (nSPS) is 11.3. The zero-order valence-corrected chi connectivity index (χ0v) is 11.4. The van der Waals surface area contributed by atoms with Crippen molar-refractivity contribution in [3.63, 3.8) is 0 Å². The quantitative estimate of drug-likeness (QED) is 0.534. The van der Waals surface area contributed by atoms with E-state index in [1.54, 1.807) is 26.0 Å². The maximum atomic E-state index is 11.5. The fourth-order valence-electron chi connectivity index (χ4n) is 1.36. The third-order valence-electron chi connectivity index (χ3n) is 2.18. The topological polar surface area (TPSA) is 96.9 Å². The van der Waals surface area contributed by atoms with E-state index in [1.165, 1.54) is 12.1 Å². The van der Waals surface area contributed by atoms with Crippen molar-refractivity contribution in [3.8, 4) is 11.5 Å². The van der Waals surface area contributed by atoms with Crippen LogP contribution in [0.25, 0.3) is 0 Å². The van der Waals surface area contributed by atoms with Crippen molar-refractivity contribution < 1.29 is 24.2 Å². The molecule has 0 saturated carbocycles. The first-order valence-electron chi connectivity index (χ1n) is 6.17. The van der Waals surface area contributed by atoms with E-state index in [9.17, 15) is 9.59 Å². The van der Waals surface area contributed by atoms with E-state index in [1.807, 2.05) is 0 Å². The molecular weight excluding hydrogens is 264 g/mol. The lowest BCUT2D eigenvalue weighted by atomic mass is 10.3. The third kappa shape index (κ3) is 5.94. The summed E-state index contributed by atoms with van der Waals surface area (Å²) in [6, 6.07) is 5.56. The van der Waals surface area contributed by atoms with Crippen molar-refractivity contribution in [1.29, 1.82) is 0 Å². The zero-order valence-electron chi connectivity index (χ0n) is 11.4. The number of benzene rings is 1. The molecule has 2 amide bonds. The number of ether oxygens (including phenoxy) is 2. The minimum absolute atomic E-state index is 0.130. The molecule has 0 aliphatic carbocycles. The molecule has 1 rings (SSSR count). The molecule has 0 fully saturated rings. The molecular formula is C13H18N2O5. The summed E-state index contributed by atoms with van der Waals surface area (Å²) in [7, 11) is 0. The van der Waals surface area contributed by atoms with Crippen LogP contribution < -0.4 is 15.4 Å². The van der Waals surface area contributed by atoms with Gasteiger partial charge < -0.3 is 25.2 Å². The van der Waals surface area contributed by atoms with Crippen molar-refractivity contribution in [2.75, 3.05) is 13.2 Å². The number of esters is 1. The largest absolute Gasteiger partial charge is 0.508 e. The van der Waals surface area contributed by atoms with E-state index in [2.05, 4.69) is 15.4 Å². The Hall–Kier alpha value is -2.44. The van der Waals surface area contributed by atoms with E-state index in [4.69, 9.17) is 9.84 Å². The molecule has 0 bridgehead atoms. The van der Waals surface area contributed by atoms with E-state index in [0.29, 0.717) is 5.75 Å². The summed E-state index contributed by atoms with van der Waals surface area (Å²) >= 11 is 0. The number of nitrogens with one attached hydrogen (secondary N) is 2. The van der Waals surface area contributed by atoms with Crippen molar-refractivity contribution in [2.24, 2.45) is 0 Å². The smallest absolute Gasteiger partial charge is 0.325 e. The third-order valence-corrected chi connectivity index (χ3v) is 2.18. The minimum Gasteiger partial charge on any atom is -0.508 e. The van der Waals surface area contributed by atoms with Gasteiger partial charge in [-0.2, -0.15) is 0 Å². The molecule has 7 heteroatoms. The van der Waals surface area contributed by atoms with Crippen molar-refractivity contribution in [1.82, 2.24) is 10.6 Å². The summed E-state index contributed by atoms with van der Waals surface area (Å²) in [6.07, 6.45) is -0.596. The molecule has 20 heavy (non-hydrogen) atoms. The maximum absolute atomic E-state index is 11.5. The summed E-state index contributed by atoms with van der Waals surface area (Å²) in [5, 5.41) is 14.0. The van der Waals surface area contributed by atoms with Crippen molar-refractivity contribution in [2.45, 2.75) is 20.1 Å². The first-order valence-corrected chi connectivity index (χ1v) is 6.17. The van der Waals surface area contributed by atoms with E-state index in [0.717, 1.165) is 0 Å². The molecule has 1 aromatic rings. The Balaban J connectivity index is 2.30. The molecule has 1 unspecified atom stereocenters. The van der Waals surface area contributed by atoms with Gasteiger partial charge in [-0.15, -0.1) is 0 Å². The van der Waals surface area contributed by atoms with E-state index < -0.39 is 18.2 Å². The second-order valence-electron chi connectivity index (χ2n) is 3.89. The zero-order chi connectivity index (χ0) is 15.0. The van der Waals surface area contributed by atoms with Gasteiger partial charge >= 0.3 is 12.0 Å². The van der Waals surface area contributed by atoms with Crippen LogP contribution in [0.3, 0.4) is 0 Å². The van der Waals surface area contributed by atoms with Crippen LogP contribution in [0.1, 0.15) is 13.8 Å². The fourth-order valence-corrected chi connectivity index (χ4v) is 1.36. The van der Waals surface area contributed by atoms with Crippen molar-refractivity contribution >= 4 is 12.0 Å². The SMILES string of the molecule is CCOC(=O)CNC(=O)NC(C)Oc1ccc(O)cc1. The molecule has 0 spiro atoms. The highest BCUT2D eigenvalue weighted by Crippen LogP contribution is 2.16. The highest BCUT2D eigenvalue weighted by atomic mass is 16.5. The van der Waals surface area contributed by atoms with Crippen LogP contribution in [0.5, 0.6) is 11.5 Å². The van der Waals surface area contributed by atoms with Gasteiger partial charge in [-0.1, -0.05) is 0 Å². The number of urea groups is 1. The van der Waals surface area contributed by atoms with Gasteiger partial charge in [0.2, 0.25) is 0 Å². The molecule has 3 N–H and O–H groups in total. The predicted molar refractivity (Wildman–Crippen MR) is 71.4 cm³/mol. The molecule has 1 atom stereocenters. The Bertz CT molecular complexity index is 447. The molecule has 0 aromatic heterocycles. The monoisotopic (exact) mass is 282 g/mol. The number of carbonyl (C=O) groups is 2. The molecule has 7 nitrogen and oxygen atoms in total. The molecule has 1 aromatic carbocycles. The first-order chi connectivity index (χ1) is 9.51. The van der Waals surface area contributed by atoms with Gasteiger partial charge in [-0.05, 0) is 38.1 Å². The minimum atomic E-state index is -0.596. The van der Waals surface area contributed by atoms with Crippen LogP contribution in [0.15, 0.2) is 24.3 Å². The summed E-state index contributed by atoms with van der Waals surface area (Å²) < 4.78 is 10.1. The Morgan fingerprint density at radius 3 is 2.55 bits per heavy atom. The number of rotatable bonds is 6. The number of aromatic hydroxyl groups is 1. The van der Waals surface area contributed by atoms with Gasteiger partial charge in [0.05, 0.1) is 6.61 Å². The van der Waals surface area contributed by atoms with Gasteiger partial charge in [0, 0.05) is 0 Å². The van der Waals surface area contributed by atoms with Crippen LogP contribution in [0.2, 0.25) is 0 Å². The Morgan fingerprint density at radius 2 is 1.95 bits per heavy atom. The molecule has 0 aliphatic rings. The fraction of sp³-hybridized carbons (Fsp3) is 0.385. The Labute approximate surface area is 116 Å². The second kappa shape index (κ2) is 7.88. The van der Waals surface area contributed by atoms with Gasteiger partial charge in [-0.3, -0.25) is 4.79 Å². The van der Waals surface area contributed by atoms with E-state index >= 15 is 0 Å². The molecule has 110 valence electrons.